The first-order valence-electron chi connectivity index (χ1n) is 10.6. The third-order valence-corrected chi connectivity index (χ3v) is 5.31. The van der Waals surface area contributed by atoms with Gasteiger partial charge in [0.1, 0.15) is 11.5 Å². The molecule has 0 bridgehead atoms. The molecule has 33 heavy (non-hydrogen) atoms. The van der Waals surface area contributed by atoms with Crippen molar-refractivity contribution in [2.24, 2.45) is 0 Å². The van der Waals surface area contributed by atoms with E-state index in [1.54, 1.807) is 55.7 Å². The summed E-state index contributed by atoms with van der Waals surface area (Å²) in [6.07, 6.45) is 3.47. The standard InChI is InChI=1S/C26H24N4O3/c1-17-22(30-26(33-17)18-8-3-2-4-9-18)15-25(32)29-23(20-11-5-6-12-24(20)31)14-21(27)19-10-7-13-28-16-19/h2-13,16,23,27,31H,14-15H2,1H3,(H,29,32). The lowest BCUT2D eigenvalue weighted by atomic mass is 9.97. The summed E-state index contributed by atoms with van der Waals surface area (Å²) in [5.74, 6) is 0.821. The number of nitrogens with zero attached hydrogens (tertiary/aromatic N) is 2. The summed E-state index contributed by atoms with van der Waals surface area (Å²) in [7, 11) is 0. The molecule has 0 saturated heterocycles. The highest BCUT2D eigenvalue weighted by Crippen LogP contribution is 2.28. The van der Waals surface area contributed by atoms with E-state index in [1.165, 1.54) is 0 Å². The van der Waals surface area contributed by atoms with Gasteiger partial charge in [0.25, 0.3) is 0 Å². The summed E-state index contributed by atoms with van der Waals surface area (Å²) >= 11 is 0. The van der Waals surface area contributed by atoms with Gasteiger partial charge in [-0.1, -0.05) is 42.5 Å². The van der Waals surface area contributed by atoms with Gasteiger partial charge in [-0.15, -0.1) is 0 Å². The fourth-order valence-corrected chi connectivity index (χ4v) is 3.58. The van der Waals surface area contributed by atoms with Crippen molar-refractivity contribution in [3.8, 4) is 17.2 Å². The predicted molar refractivity (Wildman–Crippen MR) is 125 cm³/mol. The first-order chi connectivity index (χ1) is 16.0. The number of aromatic hydroxyl groups is 1. The Bertz CT molecular complexity index is 1250. The summed E-state index contributed by atoms with van der Waals surface area (Å²) < 4.78 is 5.76. The summed E-state index contributed by atoms with van der Waals surface area (Å²) in [5.41, 5.74) is 2.89. The molecule has 0 aliphatic carbocycles. The Balaban J connectivity index is 1.53. The Morgan fingerprint density at radius 1 is 1.09 bits per heavy atom. The second-order valence-electron chi connectivity index (χ2n) is 7.67. The molecular formula is C26H24N4O3. The number of rotatable bonds is 8. The minimum Gasteiger partial charge on any atom is -0.508 e. The molecule has 2 aromatic heterocycles. The number of hydrogen-bond acceptors (Lipinski definition) is 6. The SMILES string of the molecule is Cc1oc(-c2ccccc2)nc1CC(=O)NC(CC(=N)c1cccnc1)c1ccccc1O. The molecule has 0 radical (unpaired) electrons. The van der Waals surface area contributed by atoms with E-state index in [0.29, 0.717) is 34.2 Å². The van der Waals surface area contributed by atoms with Crippen LogP contribution in [0.25, 0.3) is 11.5 Å². The van der Waals surface area contributed by atoms with E-state index < -0.39 is 6.04 Å². The van der Waals surface area contributed by atoms with E-state index >= 15 is 0 Å². The van der Waals surface area contributed by atoms with E-state index in [1.807, 2.05) is 30.3 Å². The number of phenols is 1. The van der Waals surface area contributed by atoms with E-state index in [0.717, 1.165) is 5.56 Å². The minimum atomic E-state index is -0.591. The first kappa shape index (κ1) is 22.0. The Kier molecular flexibility index (Phi) is 6.59. The molecule has 2 heterocycles. The van der Waals surface area contributed by atoms with E-state index in [9.17, 15) is 9.90 Å². The summed E-state index contributed by atoms with van der Waals surface area (Å²) in [6.45, 7) is 1.78. The summed E-state index contributed by atoms with van der Waals surface area (Å²) in [5, 5.41) is 21.8. The molecule has 7 nitrogen and oxygen atoms in total. The Morgan fingerprint density at radius 3 is 2.58 bits per heavy atom. The molecule has 166 valence electrons. The lowest BCUT2D eigenvalue weighted by Crippen LogP contribution is -2.31. The molecule has 1 atom stereocenters. The van der Waals surface area contributed by atoms with Crippen LogP contribution in [0.2, 0.25) is 0 Å². The van der Waals surface area contributed by atoms with Crippen LogP contribution >= 0.6 is 0 Å². The molecule has 0 saturated carbocycles. The fourth-order valence-electron chi connectivity index (χ4n) is 3.58. The van der Waals surface area contributed by atoms with Crippen molar-refractivity contribution in [2.75, 3.05) is 0 Å². The topological polar surface area (TPSA) is 112 Å². The molecule has 7 heteroatoms. The molecule has 1 amide bonds. The summed E-state index contributed by atoms with van der Waals surface area (Å²) in [4.78, 5) is 21.5. The van der Waals surface area contributed by atoms with Crippen LogP contribution in [0.5, 0.6) is 5.75 Å². The average molecular weight is 441 g/mol. The lowest BCUT2D eigenvalue weighted by molar-refractivity contribution is -0.121. The van der Waals surface area contributed by atoms with Crippen molar-refractivity contribution in [1.82, 2.24) is 15.3 Å². The molecule has 0 aliphatic rings. The molecule has 1 unspecified atom stereocenters. The van der Waals surface area contributed by atoms with Crippen LogP contribution < -0.4 is 5.32 Å². The van der Waals surface area contributed by atoms with Crippen LogP contribution in [0.1, 0.15) is 35.0 Å². The van der Waals surface area contributed by atoms with Crippen molar-refractivity contribution in [3.05, 3.63) is 102 Å². The quantitative estimate of drug-likeness (QED) is 0.347. The molecule has 2 aromatic carbocycles. The van der Waals surface area contributed by atoms with Crippen molar-refractivity contribution in [2.45, 2.75) is 25.8 Å². The van der Waals surface area contributed by atoms with Gasteiger partial charge >= 0.3 is 0 Å². The van der Waals surface area contributed by atoms with Crippen LogP contribution in [0.4, 0.5) is 0 Å². The van der Waals surface area contributed by atoms with Crippen LogP contribution in [0.3, 0.4) is 0 Å². The van der Waals surface area contributed by atoms with E-state index in [-0.39, 0.29) is 24.5 Å². The van der Waals surface area contributed by atoms with Crippen LogP contribution in [-0.4, -0.2) is 26.7 Å². The number of amides is 1. The number of aryl methyl sites for hydroxylation is 1. The number of para-hydroxylation sites is 1. The largest absolute Gasteiger partial charge is 0.508 e. The number of phenolic OH excluding ortho intramolecular Hbond substituents is 1. The zero-order chi connectivity index (χ0) is 23.2. The van der Waals surface area contributed by atoms with Crippen LogP contribution in [0.15, 0.2) is 83.5 Å². The molecular weight excluding hydrogens is 416 g/mol. The van der Waals surface area contributed by atoms with Crippen molar-refractivity contribution in [3.63, 3.8) is 0 Å². The molecule has 4 aromatic rings. The van der Waals surface area contributed by atoms with Gasteiger partial charge < -0.3 is 20.2 Å². The number of carbonyl (C=O) groups excluding carboxylic acids is 1. The molecule has 0 fully saturated rings. The highest BCUT2D eigenvalue weighted by molar-refractivity contribution is 5.98. The Labute approximate surface area is 191 Å². The predicted octanol–water partition coefficient (Wildman–Crippen LogP) is 4.61. The van der Waals surface area contributed by atoms with Gasteiger partial charge in [0.15, 0.2) is 0 Å². The van der Waals surface area contributed by atoms with Gasteiger partial charge in [0.2, 0.25) is 11.8 Å². The Hall–Kier alpha value is -4.26. The molecule has 0 aliphatic heterocycles. The second-order valence-corrected chi connectivity index (χ2v) is 7.67. The maximum atomic E-state index is 13.0. The highest BCUT2D eigenvalue weighted by atomic mass is 16.4. The minimum absolute atomic E-state index is 0.0203. The van der Waals surface area contributed by atoms with Gasteiger partial charge in [-0.3, -0.25) is 9.78 Å². The highest BCUT2D eigenvalue weighted by Gasteiger charge is 2.22. The number of hydrogen-bond donors (Lipinski definition) is 3. The Morgan fingerprint density at radius 2 is 1.85 bits per heavy atom. The maximum Gasteiger partial charge on any atom is 0.226 e. The van der Waals surface area contributed by atoms with Gasteiger partial charge in [-0.25, -0.2) is 4.98 Å². The van der Waals surface area contributed by atoms with Crippen molar-refractivity contribution < 1.29 is 14.3 Å². The molecule has 0 spiro atoms. The van der Waals surface area contributed by atoms with Gasteiger partial charge in [-0.05, 0) is 31.2 Å². The zero-order valence-electron chi connectivity index (χ0n) is 18.2. The zero-order valence-corrected chi connectivity index (χ0v) is 18.2. The van der Waals surface area contributed by atoms with Crippen LogP contribution in [0, 0.1) is 12.3 Å². The number of oxazole rings is 1. The van der Waals surface area contributed by atoms with Gasteiger partial charge in [0.05, 0.1) is 18.2 Å². The second kappa shape index (κ2) is 9.91. The average Bonchev–Trinajstić information content (AvgIpc) is 3.20. The van der Waals surface area contributed by atoms with E-state index in [4.69, 9.17) is 9.83 Å². The maximum absolute atomic E-state index is 13.0. The lowest BCUT2D eigenvalue weighted by Gasteiger charge is -2.20. The number of pyridine rings is 1. The number of aromatic nitrogens is 2. The molecule has 4 rings (SSSR count). The van der Waals surface area contributed by atoms with Crippen molar-refractivity contribution in [1.29, 1.82) is 5.41 Å². The first-order valence-corrected chi connectivity index (χ1v) is 10.6. The fraction of sp³-hybridized carbons (Fsp3) is 0.154. The van der Waals surface area contributed by atoms with Gasteiger partial charge in [-0.2, -0.15) is 0 Å². The number of carbonyl (C=O) groups is 1. The van der Waals surface area contributed by atoms with Crippen molar-refractivity contribution >= 4 is 11.6 Å². The summed E-state index contributed by atoms with van der Waals surface area (Å²) in [6, 6.07) is 19.3. The number of benzene rings is 2. The van der Waals surface area contributed by atoms with Crippen LogP contribution in [-0.2, 0) is 11.2 Å². The normalized spacial score (nSPS) is 11.7. The smallest absolute Gasteiger partial charge is 0.226 e. The molecule has 3 N–H and O–H groups in total. The third-order valence-electron chi connectivity index (χ3n) is 5.31. The monoisotopic (exact) mass is 440 g/mol. The van der Waals surface area contributed by atoms with Gasteiger partial charge in [0, 0.05) is 41.2 Å². The number of nitrogens with one attached hydrogen (secondary N) is 2. The third kappa shape index (κ3) is 5.33. The van der Waals surface area contributed by atoms with E-state index in [2.05, 4.69) is 15.3 Å².